The molecule has 1 heterocycles. The molecule has 164 valence electrons. The summed E-state index contributed by atoms with van der Waals surface area (Å²) in [6.45, 7) is 5.82. The van der Waals surface area contributed by atoms with Crippen molar-refractivity contribution in [2.24, 2.45) is 5.41 Å². The topological polar surface area (TPSA) is 41.6 Å². The van der Waals surface area contributed by atoms with Gasteiger partial charge in [0.05, 0.1) is 12.0 Å². The molecule has 0 aliphatic carbocycles. The van der Waals surface area contributed by atoms with Gasteiger partial charge in [-0.2, -0.15) is 13.2 Å². The Morgan fingerprint density at radius 2 is 1.90 bits per heavy atom. The Labute approximate surface area is 175 Å². The van der Waals surface area contributed by atoms with Crippen LogP contribution < -0.4 is 10.2 Å². The Bertz CT molecular complexity index is 896. The van der Waals surface area contributed by atoms with E-state index in [9.17, 15) is 18.0 Å². The van der Waals surface area contributed by atoms with Crippen LogP contribution in [0.25, 0.3) is 10.8 Å². The fraction of sp³-hybridized carbons (Fsp3) is 0.522. The van der Waals surface area contributed by atoms with Gasteiger partial charge in [-0.05, 0) is 43.4 Å². The molecule has 1 unspecified atom stereocenters. The van der Waals surface area contributed by atoms with E-state index < -0.39 is 23.5 Å². The first-order valence-corrected chi connectivity index (χ1v) is 10.4. The Morgan fingerprint density at radius 3 is 2.53 bits per heavy atom. The van der Waals surface area contributed by atoms with Gasteiger partial charge in [-0.15, -0.1) is 0 Å². The Morgan fingerprint density at radius 1 is 1.17 bits per heavy atom. The molecule has 0 radical (unpaired) electrons. The second-order valence-corrected chi connectivity index (χ2v) is 8.55. The highest BCUT2D eigenvalue weighted by atomic mass is 19.4. The van der Waals surface area contributed by atoms with Crippen molar-refractivity contribution in [1.82, 2.24) is 10.4 Å². The SMILES string of the molecule is CCCCCCOc1cc(C(N2CC(C)(C)C(=O)N2)C(F)(F)F)cc2ccccc12. The Kier molecular flexibility index (Phi) is 6.60. The zero-order valence-electron chi connectivity index (χ0n) is 17.7. The maximum Gasteiger partial charge on any atom is 0.409 e. The van der Waals surface area contributed by atoms with Crippen LogP contribution in [0.5, 0.6) is 5.75 Å². The molecule has 0 spiro atoms. The lowest BCUT2D eigenvalue weighted by Crippen LogP contribution is -2.43. The van der Waals surface area contributed by atoms with E-state index in [0.717, 1.165) is 36.1 Å². The largest absolute Gasteiger partial charge is 0.493 e. The molecule has 3 rings (SSSR count). The third-order valence-electron chi connectivity index (χ3n) is 5.46. The summed E-state index contributed by atoms with van der Waals surface area (Å²) >= 11 is 0. The molecule has 2 aromatic carbocycles. The van der Waals surface area contributed by atoms with Crippen LogP contribution in [-0.2, 0) is 4.79 Å². The Balaban J connectivity index is 1.96. The van der Waals surface area contributed by atoms with E-state index in [-0.39, 0.29) is 12.1 Å². The lowest BCUT2D eigenvalue weighted by molar-refractivity contribution is -0.191. The van der Waals surface area contributed by atoms with Crippen molar-refractivity contribution in [3.63, 3.8) is 0 Å². The van der Waals surface area contributed by atoms with E-state index in [4.69, 9.17) is 4.74 Å². The minimum absolute atomic E-state index is 0.0317. The number of nitrogens with one attached hydrogen (secondary N) is 1. The number of halogens is 3. The summed E-state index contributed by atoms with van der Waals surface area (Å²) in [5.41, 5.74) is 1.58. The summed E-state index contributed by atoms with van der Waals surface area (Å²) in [7, 11) is 0. The first-order chi connectivity index (χ1) is 14.1. The number of hydrazine groups is 1. The second kappa shape index (κ2) is 8.84. The smallest absolute Gasteiger partial charge is 0.409 e. The quantitative estimate of drug-likeness (QED) is 0.549. The molecule has 1 saturated heterocycles. The average molecular weight is 422 g/mol. The summed E-state index contributed by atoms with van der Waals surface area (Å²) in [6, 6.07) is 8.33. The van der Waals surface area contributed by atoms with E-state index in [1.807, 2.05) is 12.1 Å². The number of benzene rings is 2. The fourth-order valence-electron chi connectivity index (χ4n) is 3.81. The van der Waals surface area contributed by atoms with Crippen molar-refractivity contribution in [3.8, 4) is 5.75 Å². The van der Waals surface area contributed by atoms with Crippen molar-refractivity contribution in [2.45, 2.75) is 58.7 Å². The van der Waals surface area contributed by atoms with Crippen LogP contribution in [0, 0.1) is 5.41 Å². The number of hydrogen-bond donors (Lipinski definition) is 1. The van der Waals surface area contributed by atoms with Gasteiger partial charge in [0, 0.05) is 11.9 Å². The number of carbonyl (C=O) groups excluding carboxylic acids is 1. The van der Waals surface area contributed by atoms with E-state index >= 15 is 0 Å². The number of amides is 1. The number of ether oxygens (including phenoxy) is 1. The summed E-state index contributed by atoms with van der Waals surface area (Å²) in [5.74, 6) is 0.0311. The maximum atomic E-state index is 14.1. The number of hydrogen-bond acceptors (Lipinski definition) is 3. The van der Waals surface area contributed by atoms with E-state index in [1.54, 1.807) is 26.0 Å². The van der Waals surface area contributed by atoms with Gasteiger partial charge in [-0.25, -0.2) is 5.01 Å². The molecule has 0 saturated carbocycles. The molecular weight excluding hydrogens is 393 g/mol. The molecule has 1 amide bonds. The molecule has 2 aromatic rings. The maximum absolute atomic E-state index is 14.1. The number of unbranched alkanes of at least 4 members (excludes halogenated alkanes) is 3. The monoisotopic (exact) mass is 422 g/mol. The van der Waals surface area contributed by atoms with Crippen LogP contribution in [-0.4, -0.2) is 30.2 Å². The minimum atomic E-state index is -4.56. The van der Waals surface area contributed by atoms with Gasteiger partial charge in [-0.1, -0.05) is 50.5 Å². The fourth-order valence-corrected chi connectivity index (χ4v) is 3.81. The Hall–Kier alpha value is -2.28. The molecule has 1 N–H and O–H groups in total. The number of alkyl halides is 3. The number of rotatable bonds is 8. The average Bonchev–Trinajstić information content (AvgIpc) is 2.92. The van der Waals surface area contributed by atoms with Gasteiger partial charge in [-0.3, -0.25) is 10.2 Å². The summed E-state index contributed by atoms with van der Waals surface area (Å²) in [6.07, 6.45) is -0.484. The molecule has 7 heteroatoms. The predicted octanol–water partition coefficient (Wildman–Crippen LogP) is 5.78. The zero-order valence-corrected chi connectivity index (χ0v) is 17.7. The molecule has 1 aliphatic rings. The van der Waals surface area contributed by atoms with E-state index in [2.05, 4.69) is 12.3 Å². The van der Waals surface area contributed by atoms with Gasteiger partial charge in [0.25, 0.3) is 0 Å². The van der Waals surface area contributed by atoms with Crippen molar-refractivity contribution in [2.75, 3.05) is 13.2 Å². The van der Waals surface area contributed by atoms with Crippen LogP contribution >= 0.6 is 0 Å². The van der Waals surface area contributed by atoms with Crippen molar-refractivity contribution < 1.29 is 22.7 Å². The van der Waals surface area contributed by atoms with Crippen LogP contribution in [0.4, 0.5) is 13.2 Å². The zero-order chi connectivity index (χ0) is 21.9. The summed E-state index contributed by atoms with van der Waals surface area (Å²) in [5, 5.41) is 2.46. The van der Waals surface area contributed by atoms with Gasteiger partial charge in [0.2, 0.25) is 5.91 Å². The molecule has 4 nitrogen and oxygen atoms in total. The highest BCUT2D eigenvalue weighted by Crippen LogP contribution is 2.43. The van der Waals surface area contributed by atoms with Crippen molar-refractivity contribution in [3.05, 3.63) is 42.0 Å². The van der Waals surface area contributed by atoms with Crippen LogP contribution in [0.1, 0.15) is 58.1 Å². The number of carbonyl (C=O) groups is 1. The summed E-state index contributed by atoms with van der Waals surface area (Å²) in [4.78, 5) is 12.1. The molecular formula is C23H29F3N2O2. The normalized spacial score (nSPS) is 17.9. The lowest BCUT2D eigenvalue weighted by atomic mass is 9.93. The van der Waals surface area contributed by atoms with Crippen LogP contribution in [0.15, 0.2) is 36.4 Å². The van der Waals surface area contributed by atoms with E-state index in [0.29, 0.717) is 17.7 Å². The second-order valence-electron chi connectivity index (χ2n) is 8.55. The minimum Gasteiger partial charge on any atom is -0.493 e. The summed E-state index contributed by atoms with van der Waals surface area (Å²) < 4.78 is 48.3. The lowest BCUT2D eigenvalue weighted by Gasteiger charge is -2.30. The van der Waals surface area contributed by atoms with Gasteiger partial charge < -0.3 is 4.74 Å². The molecule has 0 bridgehead atoms. The first-order valence-electron chi connectivity index (χ1n) is 10.4. The third-order valence-corrected chi connectivity index (χ3v) is 5.46. The number of fused-ring (bicyclic) bond motifs is 1. The standard InChI is InChI=1S/C23H29F3N2O2/c1-4-5-6-9-12-30-19-14-17(13-16-10-7-8-11-18(16)19)20(23(24,25)26)28-15-22(2,3)21(29)27-28/h7-8,10-11,13-14,20H,4-6,9,12,15H2,1-3H3,(H,27,29). The molecule has 30 heavy (non-hydrogen) atoms. The number of nitrogens with zero attached hydrogens (tertiary/aromatic N) is 1. The predicted molar refractivity (Wildman–Crippen MR) is 111 cm³/mol. The molecule has 1 atom stereocenters. The highest BCUT2D eigenvalue weighted by Gasteiger charge is 2.51. The molecule has 1 aliphatic heterocycles. The van der Waals surface area contributed by atoms with Gasteiger partial charge in [0.1, 0.15) is 11.8 Å². The van der Waals surface area contributed by atoms with Gasteiger partial charge >= 0.3 is 6.18 Å². The molecule has 0 aromatic heterocycles. The first kappa shape index (κ1) is 22.4. The van der Waals surface area contributed by atoms with Crippen LogP contribution in [0.2, 0.25) is 0 Å². The van der Waals surface area contributed by atoms with Crippen molar-refractivity contribution in [1.29, 1.82) is 0 Å². The van der Waals surface area contributed by atoms with Gasteiger partial charge in [0.15, 0.2) is 0 Å². The van der Waals surface area contributed by atoms with Crippen LogP contribution in [0.3, 0.4) is 0 Å². The van der Waals surface area contributed by atoms with E-state index in [1.165, 1.54) is 12.1 Å². The van der Waals surface area contributed by atoms with Crippen molar-refractivity contribution >= 4 is 16.7 Å². The molecule has 1 fully saturated rings. The highest BCUT2D eigenvalue weighted by molar-refractivity contribution is 5.89. The third kappa shape index (κ3) is 4.89.